The van der Waals surface area contributed by atoms with E-state index in [1.165, 1.54) is 5.56 Å². The third-order valence-electron chi connectivity index (χ3n) is 2.48. The van der Waals surface area contributed by atoms with Gasteiger partial charge in [0.05, 0.1) is 0 Å². The predicted molar refractivity (Wildman–Crippen MR) is 62.1 cm³/mol. The molecule has 15 heavy (non-hydrogen) atoms. The molecule has 0 heterocycles. The Kier molecular flexibility index (Phi) is 2.42. The third-order valence-corrected chi connectivity index (χ3v) is 2.48. The van der Waals surface area contributed by atoms with Gasteiger partial charge >= 0.3 is 0 Å². The van der Waals surface area contributed by atoms with Crippen LogP contribution in [0.25, 0.3) is 10.8 Å². The molecule has 2 rings (SSSR count). The number of benzene rings is 2. The van der Waals surface area contributed by atoms with Crippen molar-refractivity contribution in [2.24, 2.45) is 0 Å². The van der Waals surface area contributed by atoms with E-state index in [1.807, 2.05) is 25.1 Å². The number of hydrogen-bond acceptors (Lipinski definition) is 1. The molecule has 0 saturated heterocycles. The number of carbonyl (C=O) groups is 1. The molecule has 0 bridgehead atoms. The number of amides is 1. The van der Waals surface area contributed by atoms with Crippen LogP contribution >= 0.6 is 0 Å². The van der Waals surface area contributed by atoms with Crippen LogP contribution < -0.4 is 5.32 Å². The zero-order valence-corrected chi connectivity index (χ0v) is 8.87. The molecule has 0 aliphatic carbocycles. The number of nitrogens with one attached hydrogen (secondary N) is 1. The lowest BCUT2D eigenvalue weighted by atomic mass is 10.0. The van der Waals surface area contributed by atoms with Gasteiger partial charge in [-0.05, 0) is 29.8 Å². The van der Waals surface area contributed by atoms with Crippen molar-refractivity contribution in [2.45, 2.75) is 6.92 Å². The van der Waals surface area contributed by atoms with Gasteiger partial charge in [-0.2, -0.15) is 0 Å². The minimum atomic E-state index is -0.0431. The summed E-state index contributed by atoms with van der Waals surface area (Å²) in [6.45, 7) is 2.05. The van der Waals surface area contributed by atoms with Crippen molar-refractivity contribution in [1.82, 2.24) is 5.32 Å². The summed E-state index contributed by atoms with van der Waals surface area (Å²) in [5, 5.41) is 4.89. The first-order chi connectivity index (χ1) is 7.20. The van der Waals surface area contributed by atoms with Gasteiger partial charge in [-0.15, -0.1) is 0 Å². The van der Waals surface area contributed by atoms with E-state index in [4.69, 9.17) is 0 Å². The Morgan fingerprint density at radius 1 is 1.07 bits per heavy atom. The average Bonchev–Trinajstić information content (AvgIpc) is 2.27. The van der Waals surface area contributed by atoms with Crippen molar-refractivity contribution in [1.29, 1.82) is 0 Å². The van der Waals surface area contributed by atoms with E-state index < -0.39 is 0 Å². The highest BCUT2D eigenvalue weighted by Crippen LogP contribution is 2.17. The molecule has 0 radical (unpaired) electrons. The van der Waals surface area contributed by atoms with E-state index in [1.54, 1.807) is 7.05 Å². The van der Waals surface area contributed by atoms with Crippen LogP contribution in [0.5, 0.6) is 0 Å². The molecule has 0 saturated carbocycles. The van der Waals surface area contributed by atoms with Gasteiger partial charge in [0.15, 0.2) is 0 Å². The zero-order valence-electron chi connectivity index (χ0n) is 8.87. The lowest BCUT2D eigenvalue weighted by Gasteiger charge is -2.03. The van der Waals surface area contributed by atoms with Crippen molar-refractivity contribution in [2.75, 3.05) is 7.05 Å². The van der Waals surface area contributed by atoms with Crippen molar-refractivity contribution in [3.63, 3.8) is 0 Å². The number of fused-ring (bicyclic) bond motifs is 1. The molecule has 0 spiro atoms. The van der Waals surface area contributed by atoms with Crippen LogP contribution in [0.4, 0.5) is 0 Å². The largest absolute Gasteiger partial charge is 0.355 e. The standard InChI is InChI=1S/C13H13NO/c1-9-3-4-10-5-6-11(13(15)14-2)8-12(10)7-9/h3-8H,1-2H3,(H,14,15). The van der Waals surface area contributed by atoms with E-state index in [2.05, 4.69) is 23.5 Å². The van der Waals surface area contributed by atoms with Gasteiger partial charge in [0, 0.05) is 12.6 Å². The second-order valence-electron chi connectivity index (χ2n) is 3.64. The SMILES string of the molecule is CNC(=O)c1ccc2ccc(C)cc2c1. The monoisotopic (exact) mass is 199 g/mol. The molecule has 1 N–H and O–H groups in total. The Balaban J connectivity index is 2.59. The van der Waals surface area contributed by atoms with Gasteiger partial charge in [0.25, 0.3) is 5.91 Å². The average molecular weight is 199 g/mol. The van der Waals surface area contributed by atoms with Gasteiger partial charge in [-0.1, -0.05) is 29.8 Å². The summed E-state index contributed by atoms with van der Waals surface area (Å²) in [6.07, 6.45) is 0. The highest BCUT2D eigenvalue weighted by molar-refractivity contribution is 5.98. The molecule has 0 fully saturated rings. The molecule has 2 aromatic rings. The Bertz CT molecular complexity index is 517. The molecular formula is C13H13NO. The number of carbonyl (C=O) groups excluding carboxylic acids is 1. The summed E-state index contributed by atoms with van der Waals surface area (Å²) in [5.41, 5.74) is 1.91. The summed E-state index contributed by atoms with van der Waals surface area (Å²) < 4.78 is 0. The Morgan fingerprint density at radius 2 is 1.80 bits per heavy atom. The molecule has 76 valence electrons. The van der Waals surface area contributed by atoms with Crippen molar-refractivity contribution in [3.05, 3.63) is 47.5 Å². The quantitative estimate of drug-likeness (QED) is 0.751. The lowest BCUT2D eigenvalue weighted by molar-refractivity contribution is 0.0963. The van der Waals surface area contributed by atoms with E-state index in [9.17, 15) is 4.79 Å². The van der Waals surface area contributed by atoms with Gasteiger partial charge in [-0.25, -0.2) is 0 Å². The lowest BCUT2D eigenvalue weighted by Crippen LogP contribution is -2.17. The van der Waals surface area contributed by atoms with Crippen LogP contribution in [0.2, 0.25) is 0 Å². The number of hydrogen-bond donors (Lipinski definition) is 1. The van der Waals surface area contributed by atoms with Crippen LogP contribution in [0.3, 0.4) is 0 Å². The number of rotatable bonds is 1. The Labute approximate surface area is 88.9 Å². The second-order valence-corrected chi connectivity index (χ2v) is 3.64. The van der Waals surface area contributed by atoms with Gasteiger partial charge in [0.2, 0.25) is 0 Å². The maximum absolute atomic E-state index is 11.4. The van der Waals surface area contributed by atoms with Crippen molar-refractivity contribution >= 4 is 16.7 Å². The maximum Gasteiger partial charge on any atom is 0.251 e. The smallest absolute Gasteiger partial charge is 0.251 e. The Morgan fingerprint density at radius 3 is 2.53 bits per heavy atom. The third kappa shape index (κ3) is 1.84. The van der Waals surface area contributed by atoms with Crippen LogP contribution in [0.1, 0.15) is 15.9 Å². The van der Waals surface area contributed by atoms with Gasteiger partial charge in [0.1, 0.15) is 0 Å². The predicted octanol–water partition coefficient (Wildman–Crippen LogP) is 2.51. The summed E-state index contributed by atoms with van der Waals surface area (Å²) in [6, 6.07) is 12.0. The molecule has 0 aromatic heterocycles. The first-order valence-corrected chi connectivity index (χ1v) is 4.93. The highest BCUT2D eigenvalue weighted by atomic mass is 16.1. The summed E-state index contributed by atoms with van der Waals surface area (Å²) >= 11 is 0. The molecule has 0 atom stereocenters. The molecular weight excluding hydrogens is 186 g/mol. The minimum Gasteiger partial charge on any atom is -0.355 e. The van der Waals surface area contributed by atoms with E-state index in [0.717, 1.165) is 10.8 Å². The van der Waals surface area contributed by atoms with E-state index in [-0.39, 0.29) is 5.91 Å². The molecule has 2 nitrogen and oxygen atoms in total. The number of aryl methyl sites for hydroxylation is 1. The van der Waals surface area contributed by atoms with E-state index >= 15 is 0 Å². The van der Waals surface area contributed by atoms with Gasteiger partial charge < -0.3 is 5.32 Å². The molecule has 2 aromatic carbocycles. The fourth-order valence-electron chi connectivity index (χ4n) is 1.65. The maximum atomic E-state index is 11.4. The van der Waals surface area contributed by atoms with Crippen molar-refractivity contribution < 1.29 is 4.79 Å². The molecule has 1 amide bonds. The fraction of sp³-hybridized carbons (Fsp3) is 0.154. The van der Waals surface area contributed by atoms with Crippen LogP contribution in [0, 0.1) is 6.92 Å². The first-order valence-electron chi connectivity index (χ1n) is 4.93. The van der Waals surface area contributed by atoms with Crippen LogP contribution in [-0.4, -0.2) is 13.0 Å². The van der Waals surface area contributed by atoms with Crippen molar-refractivity contribution in [3.8, 4) is 0 Å². The van der Waals surface area contributed by atoms with Crippen LogP contribution in [-0.2, 0) is 0 Å². The topological polar surface area (TPSA) is 29.1 Å². The fourth-order valence-corrected chi connectivity index (χ4v) is 1.65. The summed E-state index contributed by atoms with van der Waals surface area (Å²) in [7, 11) is 1.64. The molecule has 0 aliphatic rings. The Hall–Kier alpha value is -1.83. The molecule has 0 unspecified atom stereocenters. The molecule has 2 heteroatoms. The van der Waals surface area contributed by atoms with Crippen LogP contribution in [0.15, 0.2) is 36.4 Å². The molecule has 0 aliphatic heterocycles. The zero-order chi connectivity index (χ0) is 10.8. The summed E-state index contributed by atoms with van der Waals surface area (Å²) in [4.78, 5) is 11.4. The minimum absolute atomic E-state index is 0.0431. The normalized spacial score (nSPS) is 10.3. The summed E-state index contributed by atoms with van der Waals surface area (Å²) in [5.74, 6) is -0.0431. The highest BCUT2D eigenvalue weighted by Gasteiger charge is 2.03. The van der Waals surface area contributed by atoms with E-state index in [0.29, 0.717) is 5.56 Å². The van der Waals surface area contributed by atoms with Gasteiger partial charge in [-0.3, -0.25) is 4.79 Å². The second kappa shape index (κ2) is 3.73. The first kappa shape index (κ1) is 9.71.